The molecule has 2 rings (SSSR count). The molecule has 1 fully saturated rings. The Labute approximate surface area is 121 Å². The fourth-order valence-electron chi connectivity index (χ4n) is 2.99. The van der Waals surface area contributed by atoms with Crippen LogP contribution in [0, 0.1) is 24.2 Å². The van der Waals surface area contributed by atoms with Gasteiger partial charge in [0.15, 0.2) is 0 Å². The molecule has 1 aliphatic heterocycles. The number of rotatable bonds is 3. The summed E-state index contributed by atoms with van der Waals surface area (Å²) in [5.74, 6) is 2.66. The summed E-state index contributed by atoms with van der Waals surface area (Å²) in [5, 5.41) is 7.61. The number of nitrogens with zero attached hydrogens (tertiary/aromatic N) is 2. The lowest BCUT2D eigenvalue weighted by Gasteiger charge is -2.23. The molecule has 3 N–H and O–H groups in total. The Morgan fingerprint density at radius 2 is 2.10 bits per heavy atom. The first-order valence-electron chi connectivity index (χ1n) is 7.55. The Kier molecular flexibility index (Phi) is 4.63. The zero-order valence-electron chi connectivity index (χ0n) is 12.8. The molecular formula is C16H26N4. The molecule has 1 aromatic heterocycles. The number of hydrogen-bond acceptors (Lipinski definition) is 3. The maximum absolute atomic E-state index is 7.61. The Bertz CT molecular complexity index is 481. The molecule has 2 heterocycles. The molecular weight excluding hydrogens is 248 g/mol. The van der Waals surface area contributed by atoms with Crippen molar-refractivity contribution in [3.63, 3.8) is 0 Å². The summed E-state index contributed by atoms with van der Waals surface area (Å²) in [5.41, 5.74) is 7.31. The van der Waals surface area contributed by atoms with E-state index in [4.69, 9.17) is 11.1 Å². The number of amidine groups is 1. The van der Waals surface area contributed by atoms with Gasteiger partial charge in [-0.3, -0.25) is 5.41 Å². The third-order valence-corrected chi connectivity index (χ3v) is 4.29. The Morgan fingerprint density at radius 1 is 1.35 bits per heavy atom. The van der Waals surface area contributed by atoms with Gasteiger partial charge in [-0.05, 0) is 50.2 Å². The van der Waals surface area contributed by atoms with E-state index >= 15 is 0 Å². The number of anilines is 1. The lowest BCUT2D eigenvalue weighted by atomic mass is 9.89. The van der Waals surface area contributed by atoms with Gasteiger partial charge < -0.3 is 10.6 Å². The normalized spacial score (nSPS) is 20.0. The van der Waals surface area contributed by atoms with Crippen LogP contribution in [-0.2, 0) is 0 Å². The first-order valence-corrected chi connectivity index (χ1v) is 7.55. The SMILES string of the molecule is Cc1cc(C(=N)N)cc(N2CCCC(C(C)C)CC2)n1. The second-order valence-corrected chi connectivity index (χ2v) is 6.19. The Balaban J connectivity index is 2.17. The predicted molar refractivity (Wildman–Crippen MR) is 84.4 cm³/mol. The fourth-order valence-corrected chi connectivity index (χ4v) is 2.99. The minimum atomic E-state index is 0.117. The van der Waals surface area contributed by atoms with Gasteiger partial charge in [-0.15, -0.1) is 0 Å². The largest absolute Gasteiger partial charge is 0.384 e. The van der Waals surface area contributed by atoms with E-state index in [1.54, 1.807) is 0 Å². The molecule has 0 radical (unpaired) electrons. The highest BCUT2D eigenvalue weighted by Crippen LogP contribution is 2.27. The van der Waals surface area contributed by atoms with E-state index in [0.717, 1.165) is 42.0 Å². The summed E-state index contributed by atoms with van der Waals surface area (Å²) in [6.07, 6.45) is 3.75. The van der Waals surface area contributed by atoms with Gasteiger partial charge >= 0.3 is 0 Å². The Morgan fingerprint density at radius 3 is 2.75 bits per heavy atom. The van der Waals surface area contributed by atoms with E-state index in [9.17, 15) is 0 Å². The van der Waals surface area contributed by atoms with Crippen LogP contribution in [0.15, 0.2) is 12.1 Å². The van der Waals surface area contributed by atoms with Crippen LogP contribution in [0.3, 0.4) is 0 Å². The van der Waals surface area contributed by atoms with Gasteiger partial charge in [-0.2, -0.15) is 0 Å². The zero-order chi connectivity index (χ0) is 14.7. The highest BCUT2D eigenvalue weighted by atomic mass is 15.2. The van der Waals surface area contributed by atoms with Crippen molar-refractivity contribution < 1.29 is 0 Å². The van der Waals surface area contributed by atoms with E-state index in [1.807, 2.05) is 19.1 Å². The molecule has 0 saturated carbocycles. The molecule has 1 saturated heterocycles. The summed E-state index contributed by atoms with van der Waals surface area (Å²) < 4.78 is 0. The lowest BCUT2D eigenvalue weighted by Crippen LogP contribution is -2.26. The van der Waals surface area contributed by atoms with Crippen molar-refractivity contribution in [2.45, 2.75) is 40.0 Å². The van der Waals surface area contributed by atoms with E-state index in [1.165, 1.54) is 19.3 Å². The monoisotopic (exact) mass is 274 g/mol. The van der Waals surface area contributed by atoms with Gasteiger partial charge in [0.2, 0.25) is 0 Å². The molecule has 1 unspecified atom stereocenters. The van der Waals surface area contributed by atoms with Crippen molar-refractivity contribution in [1.82, 2.24) is 4.98 Å². The third-order valence-electron chi connectivity index (χ3n) is 4.29. The smallest absolute Gasteiger partial charge is 0.129 e. The average Bonchev–Trinajstić information content (AvgIpc) is 2.63. The van der Waals surface area contributed by atoms with Gasteiger partial charge in [0.25, 0.3) is 0 Å². The number of nitrogens with one attached hydrogen (secondary N) is 1. The van der Waals surface area contributed by atoms with Crippen molar-refractivity contribution >= 4 is 11.7 Å². The molecule has 0 aliphatic carbocycles. The van der Waals surface area contributed by atoms with E-state index in [0.29, 0.717) is 0 Å². The van der Waals surface area contributed by atoms with Crippen molar-refractivity contribution in [1.29, 1.82) is 5.41 Å². The number of aryl methyl sites for hydroxylation is 1. The van der Waals surface area contributed by atoms with Crippen LogP contribution in [0.25, 0.3) is 0 Å². The third kappa shape index (κ3) is 3.50. The van der Waals surface area contributed by atoms with Gasteiger partial charge in [0.1, 0.15) is 11.7 Å². The van der Waals surface area contributed by atoms with Crippen LogP contribution < -0.4 is 10.6 Å². The van der Waals surface area contributed by atoms with Crippen LogP contribution in [0.1, 0.15) is 44.4 Å². The number of aromatic nitrogens is 1. The highest BCUT2D eigenvalue weighted by Gasteiger charge is 2.20. The molecule has 1 aliphatic rings. The number of pyridine rings is 1. The maximum atomic E-state index is 7.61. The Hall–Kier alpha value is -1.58. The van der Waals surface area contributed by atoms with Crippen LogP contribution in [0.5, 0.6) is 0 Å². The van der Waals surface area contributed by atoms with Crippen molar-refractivity contribution in [3.05, 3.63) is 23.4 Å². The lowest BCUT2D eigenvalue weighted by molar-refractivity contribution is 0.351. The standard InChI is InChI=1S/C16H26N4/c1-11(2)13-5-4-7-20(8-6-13)15-10-14(16(17)18)9-12(3)19-15/h9-11,13H,4-8H2,1-3H3,(H3,17,18). The molecule has 1 aromatic rings. The summed E-state index contributed by atoms with van der Waals surface area (Å²) in [7, 11) is 0. The molecule has 20 heavy (non-hydrogen) atoms. The van der Waals surface area contributed by atoms with E-state index < -0.39 is 0 Å². The van der Waals surface area contributed by atoms with Gasteiger partial charge in [0, 0.05) is 24.3 Å². The minimum absolute atomic E-state index is 0.117. The molecule has 110 valence electrons. The van der Waals surface area contributed by atoms with Crippen LogP contribution in [0.2, 0.25) is 0 Å². The predicted octanol–water partition coefficient (Wildman–Crippen LogP) is 2.94. The fraction of sp³-hybridized carbons (Fsp3) is 0.625. The van der Waals surface area contributed by atoms with Crippen LogP contribution >= 0.6 is 0 Å². The maximum Gasteiger partial charge on any atom is 0.129 e. The summed E-state index contributed by atoms with van der Waals surface area (Å²) in [6, 6.07) is 3.83. The molecule has 4 nitrogen and oxygen atoms in total. The second kappa shape index (κ2) is 6.25. The van der Waals surface area contributed by atoms with E-state index in [2.05, 4.69) is 23.7 Å². The highest BCUT2D eigenvalue weighted by molar-refractivity contribution is 5.95. The second-order valence-electron chi connectivity index (χ2n) is 6.19. The molecule has 0 bridgehead atoms. The van der Waals surface area contributed by atoms with Crippen molar-refractivity contribution in [3.8, 4) is 0 Å². The molecule has 4 heteroatoms. The first-order chi connectivity index (χ1) is 9.47. The topological polar surface area (TPSA) is 66.0 Å². The number of nitrogens with two attached hydrogens (primary N) is 1. The summed E-state index contributed by atoms with van der Waals surface area (Å²) in [4.78, 5) is 6.97. The van der Waals surface area contributed by atoms with Gasteiger partial charge in [-0.1, -0.05) is 13.8 Å². The average molecular weight is 274 g/mol. The number of hydrogen-bond donors (Lipinski definition) is 2. The quantitative estimate of drug-likeness (QED) is 0.658. The van der Waals surface area contributed by atoms with Crippen LogP contribution in [0.4, 0.5) is 5.82 Å². The molecule has 0 aromatic carbocycles. The zero-order valence-corrected chi connectivity index (χ0v) is 12.8. The van der Waals surface area contributed by atoms with Gasteiger partial charge in [-0.25, -0.2) is 4.98 Å². The van der Waals surface area contributed by atoms with Gasteiger partial charge in [0.05, 0.1) is 0 Å². The molecule has 0 amide bonds. The van der Waals surface area contributed by atoms with Crippen molar-refractivity contribution in [2.75, 3.05) is 18.0 Å². The summed E-state index contributed by atoms with van der Waals surface area (Å²) in [6.45, 7) is 8.70. The van der Waals surface area contributed by atoms with Crippen molar-refractivity contribution in [2.24, 2.45) is 17.6 Å². The van der Waals surface area contributed by atoms with E-state index in [-0.39, 0.29) is 5.84 Å². The molecule has 1 atom stereocenters. The summed E-state index contributed by atoms with van der Waals surface area (Å²) >= 11 is 0. The first kappa shape index (κ1) is 14.8. The molecule has 0 spiro atoms. The minimum Gasteiger partial charge on any atom is -0.384 e. The number of nitrogen functional groups attached to an aromatic ring is 1. The van der Waals surface area contributed by atoms with Crippen LogP contribution in [-0.4, -0.2) is 23.9 Å².